The van der Waals surface area contributed by atoms with Crippen molar-refractivity contribution < 1.29 is 15.3 Å². The molecule has 1 aliphatic rings. The lowest BCUT2D eigenvalue weighted by Crippen LogP contribution is -2.19. The first-order valence-corrected chi connectivity index (χ1v) is 7.33. The molecule has 0 radical (unpaired) electrons. The molecule has 22 heavy (non-hydrogen) atoms. The van der Waals surface area contributed by atoms with Crippen LogP contribution in [0.2, 0.25) is 0 Å². The Labute approximate surface area is 127 Å². The number of rotatable bonds is 1. The first kappa shape index (κ1) is 13.5. The molecule has 110 valence electrons. The van der Waals surface area contributed by atoms with Gasteiger partial charge in [0.25, 0.3) is 0 Å². The molecule has 3 heteroatoms. The molecule has 4 rings (SSSR count). The Morgan fingerprint density at radius 2 is 1.73 bits per heavy atom. The van der Waals surface area contributed by atoms with Crippen molar-refractivity contribution >= 4 is 27.6 Å². The standard InChI is InChI=1S/C19H16O3/c20-10-17-12-4-2-1-3-11(12)9-16-13-7-8-18(21)19(22)15(13)6-5-14(16)17/h1-9,18-22H,10H2. The van der Waals surface area contributed by atoms with Gasteiger partial charge in [-0.1, -0.05) is 48.6 Å². The van der Waals surface area contributed by atoms with Gasteiger partial charge in [-0.15, -0.1) is 0 Å². The maximum absolute atomic E-state index is 10.2. The predicted octanol–water partition coefficient (Wildman–Crippen LogP) is 2.91. The van der Waals surface area contributed by atoms with Crippen molar-refractivity contribution in [3.63, 3.8) is 0 Å². The molecule has 0 fully saturated rings. The van der Waals surface area contributed by atoms with Crippen molar-refractivity contribution in [3.05, 3.63) is 65.2 Å². The molecule has 2 atom stereocenters. The molecule has 0 aromatic heterocycles. The van der Waals surface area contributed by atoms with Crippen molar-refractivity contribution in [3.8, 4) is 0 Å². The largest absolute Gasteiger partial charge is 0.392 e. The minimum Gasteiger partial charge on any atom is -0.392 e. The Morgan fingerprint density at radius 3 is 2.55 bits per heavy atom. The highest BCUT2D eigenvalue weighted by atomic mass is 16.3. The van der Waals surface area contributed by atoms with Crippen LogP contribution in [0.15, 0.2) is 48.5 Å². The molecular weight excluding hydrogens is 276 g/mol. The highest BCUT2D eigenvalue weighted by Crippen LogP contribution is 2.37. The molecule has 2 unspecified atom stereocenters. The normalized spacial score (nSPS) is 20.5. The lowest BCUT2D eigenvalue weighted by Gasteiger charge is -2.24. The fourth-order valence-electron chi connectivity index (χ4n) is 3.37. The molecule has 0 bridgehead atoms. The molecule has 0 aliphatic heterocycles. The van der Waals surface area contributed by atoms with E-state index in [0.717, 1.165) is 38.2 Å². The van der Waals surface area contributed by atoms with Gasteiger partial charge in [0, 0.05) is 0 Å². The van der Waals surface area contributed by atoms with Crippen LogP contribution in [0.1, 0.15) is 22.8 Å². The fraction of sp³-hybridized carbons (Fsp3) is 0.158. The Balaban J connectivity index is 2.15. The van der Waals surface area contributed by atoms with Gasteiger partial charge in [0.05, 0.1) is 6.61 Å². The molecular formula is C19H16O3. The summed E-state index contributed by atoms with van der Waals surface area (Å²) in [5.74, 6) is 0. The zero-order valence-corrected chi connectivity index (χ0v) is 11.9. The molecule has 0 saturated carbocycles. The van der Waals surface area contributed by atoms with Crippen LogP contribution in [0.3, 0.4) is 0 Å². The second-order valence-corrected chi connectivity index (χ2v) is 5.69. The minimum atomic E-state index is -0.909. The third-order valence-electron chi connectivity index (χ3n) is 4.49. The molecule has 1 aliphatic carbocycles. The number of hydrogen-bond acceptors (Lipinski definition) is 3. The van der Waals surface area contributed by atoms with E-state index in [9.17, 15) is 15.3 Å². The highest BCUT2D eigenvalue weighted by molar-refractivity contribution is 6.05. The molecule has 0 amide bonds. The summed E-state index contributed by atoms with van der Waals surface area (Å²) >= 11 is 0. The van der Waals surface area contributed by atoms with Crippen molar-refractivity contribution in [2.75, 3.05) is 0 Å². The number of hydrogen-bond donors (Lipinski definition) is 3. The van der Waals surface area contributed by atoms with Gasteiger partial charge in [-0.25, -0.2) is 0 Å². The van der Waals surface area contributed by atoms with E-state index in [1.54, 1.807) is 6.08 Å². The van der Waals surface area contributed by atoms with Gasteiger partial charge in [0.2, 0.25) is 0 Å². The Kier molecular flexibility index (Phi) is 3.01. The van der Waals surface area contributed by atoms with E-state index >= 15 is 0 Å². The first-order valence-electron chi connectivity index (χ1n) is 7.33. The molecule has 0 heterocycles. The number of aliphatic hydroxyl groups excluding tert-OH is 3. The first-order chi connectivity index (χ1) is 10.7. The van der Waals surface area contributed by atoms with Crippen LogP contribution in [0.4, 0.5) is 0 Å². The Morgan fingerprint density at radius 1 is 0.909 bits per heavy atom. The quantitative estimate of drug-likeness (QED) is 0.604. The van der Waals surface area contributed by atoms with Crippen LogP contribution in [0.5, 0.6) is 0 Å². The summed E-state index contributed by atoms with van der Waals surface area (Å²) in [6.07, 6.45) is 1.68. The van der Waals surface area contributed by atoms with Crippen molar-refractivity contribution in [2.45, 2.75) is 18.8 Å². The minimum absolute atomic E-state index is 0.0362. The van der Waals surface area contributed by atoms with Crippen molar-refractivity contribution in [1.29, 1.82) is 0 Å². The van der Waals surface area contributed by atoms with E-state index in [2.05, 4.69) is 6.07 Å². The molecule has 3 aromatic carbocycles. The van der Waals surface area contributed by atoms with E-state index < -0.39 is 12.2 Å². The van der Waals surface area contributed by atoms with Crippen LogP contribution in [0.25, 0.3) is 27.6 Å². The van der Waals surface area contributed by atoms with E-state index in [1.807, 2.05) is 42.5 Å². The molecule has 3 nitrogen and oxygen atoms in total. The topological polar surface area (TPSA) is 60.7 Å². The average Bonchev–Trinajstić information content (AvgIpc) is 2.55. The second kappa shape index (κ2) is 4.92. The summed E-state index contributed by atoms with van der Waals surface area (Å²) in [5, 5.41) is 33.9. The lowest BCUT2D eigenvalue weighted by molar-refractivity contribution is 0.0471. The molecule has 0 saturated heterocycles. The summed E-state index contributed by atoms with van der Waals surface area (Å²) in [5.41, 5.74) is 2.53. The van der Waals surface area contributed by atoms with Gasteiger partial charge in [-0.2, -0.15) is 0 Å². The van der Waals surface area contributed by atoms with Gasteiger partial charge in [-0.3, -0.25) is 0 Å². The van der Waals surface area contributed by atoms with E-state index in [1.165, 1.54) is 0 Å². The lowest BCUT2D eigenvalue weighted by atomic mass is 9.86. The van der Waals surface area contributed by atoms with Crippen LogP contribution >= 0.6 is 0 Å². The monoisotopic (exact) mass is 292 g/mol. The Hall–Kier alpha value is -2.20. The number of fused-ring (bicyclic) bond motifs is 4. The van der Waals surface area contributed by atoms with Gasteiger partial charge in [0.15, 0.2) is 0 Å². The zero-order chi connectivity index (χ0) is 15.3. The third-order valence-corrected chi connectivity index (χ3v) is 4.49. The highest BCUT2D eigenvalue weighted by Gasteiger charge is 2.24. The SMILES string of the molecule is OCc1c2ccccc2cc2c3c(ccc12)C(O)C(O)C=C3. The molecule has 3 N–H and O–H groups in total. The zero-order valence-electron chi connectivity index (χ0n) is 11.9. The third kappa shape index (κ3) is 1.80. The van der Waals surface area contributed by atoms with Crippen LogP contribution in [-0.4, -0.2) is 21.4 Å². The second-order valence-electron chi connectivity index (χ2n) is 5.69. The summed E-state index contributed by atoms with van der Waals surface area (Å²) in [6, 6.07) is 13.8. The smallest absolute Gasteiger partial charge is 0.109 e. The van der Waals surface area contributed by atoms with Crippen LogP contribution in [0, 0.1) is 0 Å². The van der Waals surface area contributed by atoms with Gasteiger partial charge >= 0.3 is 0 Å². The van der Waals surface area contributed by atoms with E-state index in [4.69, 9.17) is 0 Å². The summed E-state index contributed by atoms with van der Waals surface area (Å²) in [7, 11) is 0. The maximum atomic E-state index is 10.2. The van der Waals surface area contributed by atoms with Crippen molar-refractivity contribution in [1.82, 2.24) is 0 Å². The van der Waals surface area contributed by atoms with Crippen LogP contribution in [-0.2, 0) is 6.61 Å². The Bertz CT molecular complexity index is 911. The summed E-state index contributed by atoms with van der Waals surface area (Å²) in [6.45, 7) is -0.0362. The van der Waals surface area contributed by atoms with E-state index in [0.29, 0.717) is 0 Å². The summed E-state index contributed by atoms with van der Waals surface area (Å²) in [4.78, 5) is 0. The van der Waals surface area contributed by atoms with Crippen LogP contribution < -0.4 is 0 Å². The van der Waals surface area contributed by atoms with Gasteiger partial charge < -0.3 is 15.3 Å². The fourth-order valence-corrected chi connectivity index (χ4v) is 3.37. The summed E-state index contributed by atoms with van der Waals surface area (Å²) < 4.78 is 0. The number of benzene rings is 3. The maximum Gasteiger partial charge on any atom is 0.109 e. The van der Waals surface area contributed by atoms with Gasteiger partial charge in [-0.05, 0) is 44.3 Å². The van der Waals surface area contributed by atoms with Crippen molar-refractivity contribution in [2.24, 2.45) is 0 Å². The molecule has 3 aromatic rings. The van der Waals surface area contributed by atoms with Gasteiger partial charge in [0.1, 0.15) is 12.2 Å². The van der Waals surface area contributed by atoms with E-state index in [-0.39, 0.29) is 6.61 Å². The predicted molar refractivity (Wildman–Crippen MR) is 87.4 cm³/mol. The average molecular weight is 292 g/mol. The number of aliphatic hydroxyl groups is 3. The molecule has 0 spiro atoms.